The van der Waals surface area contributed by atoms with Gasteiger partial charge >= 0.3 is 0 Å². The number of phenolic OH excluding ortho intramolecular Hbond substituents is 1. The second kappa shape index (κ2) is 12.3. The number of methoxy groups -OCH3 is 1. The average molecular weight is 595 g/mol. The summed E-state index contributed by atoms with van der Waals surface area (Å²) in [7, 11) is 1.53. The summed E-state index contributed by atoms with van der Waals surface area (Å²) in [6, 6.07) is 9.42. The van der Waals surface area contributed by atoms with Crippen LogP contribution in [0.5, 0.6) is 23.0 Å². The van der Waals surface area contributed by atoms with E-state index in [1.165, 1.54) is 20.1 Å². The zero-order valence-electron chi connectivity index (χ0n) is 22.7. The lowest BCUT2D eigenvalue weighted by atomic mass is 9.95. The quantitative estimate of drug-likeness (QED) is 0.208. The Morgan fingerprint density at radius 3 is 2.26 bits per heavy atom. The van der Waals surface area contributed by atoms with Crippen LogP contribution >= 0.6 is 0 Å². The van der Waals surface area contributed by atoms with Gasteiger partial charge in [-0.1, -0.05) is 12.1 Å². The molecule has 0 bridgehead atoms. The standard InChI is InChI=1S/C28H34O14/c1-11-21(32)23(34)25(36)27(38-11)42-26-24(35)22(33)19(10-29)41-28(26)39-14-7-15(30)20-16(31)9-17(40-18(20)8-14)12-3-5-13(37-2)6-4-12/h3-8,11,17,19,21-30,32-36H,9-10H2,1-2H3/t11-,17-,19-,21+,22-,23-,24+,25+,26+,27-,28-/m1/s1. The van der Waals surface area contributed by atoms with Gasteiger partial charge in [0.15, 0.2) is 18.2 Å². The molecule has 2 saturated heterocycles. The number of ketones is 1. The van der Waals surface area contributed by atoms with Crippen LogP contribution in [0.2, 0.25) is 0 Å². The third-order valence-corrected chi connectivity index (χ3v) is 7.64. The SMILES string of the molecule is COc1ccc([C@H]2CC(=O)c3c(O)cc(O[C@@H]4O[C@H](CO)[C@@H](O)[C@H](O)[C@@H]4O[C@H]4O[C@H](C)[C@H](O)[C@@H](O)[C@@H]4O)cc3O2)cc1. The Morgan fingerprint density at radius 2 is 1.60 bits per heavy atom. The number of aliphatic hydroxyl groups excluding tert-OH is 6. The van der Waals surface area contributed by atoms with Gasteiger partial charge in [0.25, 0.3) is 0 Å². The molecular formula is C28H34O14. The van der Waals surface area contributed by atoms with Crippen LogP contribution in [0.1, 0.15) is 35.4 Å². The van der Waals surface area contributed by atoms with E-state index in [1.54, 1.807) is 24.3 Å². The summed E-state index contributed by atoms with van der Waals surface area (Å²) < 4.78 is 33.9. The highest BCUT2D eigenvalue weighted by molar-refractivity contribution is 6.02. The number of phenols is 1. The van der Waals surface area contributed by atoms with Crippen LogP contribution in [0.4, 0.5) is 0 Å². The lowest BCUT2D eigenvalue weighted by molar-refractivity contribution is -0.354. The first-order chi connectivity index (χ1) is 20.0. The van der Waals surface area contributed by atoms with Crippen LogP contribution in [-0.4, -0.2) is 117 Å². The van der Waals surface area contributed by atoms with Crippen molar-refractivity contribution >= 4 is 5.78 Å². The average Bonchev–Trinajstić information content (AvgIpc) is 2.97. The molecule has 42 heavy (non-hydrogen) atoms. The molecule has 2 aromatic carbocycles. The van der Waals surface area contributed by atoms with E-state index >= 15 is 0 Å². The number of fused-ring (bicyclic) bond motifs is 1. The van der Waals surface area contributed by atoms with Crippen molar-refractivity contribution in [1.29, 1.82) is 0 Å². The van der Waals surface area contributed by atoms with Crippen molar-refractivity contribution in [1.82, 2.24) is 0 Å². The summed E-state index contributed by atoms with van der Waals surface area (Å²) in [4.78, 5) is 12.9. The molecule has 3 aliphatic rings. The van der Waals surface area contributed by atoms with E-state index in [9.17, 15) is 40.5 Å². The molecule has 0 amide bonds. The maximum Gasteiger partial charge on any atom is 0.229 e. The van der Waals surface area contributed by atoms with Gasteiger partial charge in [-0.3, -0.25) is 4.79 Å². The minimum Gasteiger partial charge on any atom is -0.507 e. The highest BCUT2D eigenvalue weighted by atomic mass is 16.8. The summed E-state index contributed by atoms with van der Waals surface area (Å²) in [6.07, 6.45) is -15.8. The molecule has 0 aromatic heterocycles. The number of benzene rings is 2. The van der Waals surface area contributed by atoms with Crippen molar-refractivity contribution in [2.75, 3.05) is 13.7 Å². The van der Waals surface area contributed by atoms with E-state index in [1.807, 2.05) is 0 Å². The van der Waals surface area contributed by atoms with Gasteiger partial charge in [-0.25, -0.2) is 0 Å². The molecule has 0 spiro atoms. The Balaban J connectivity index is 1.40. The van der Waals surface area contributed by atoms with E-state index in [2.05, 4.69) is 0 Å². The molecule has 14 heteroatoms. The number of hydrogen-bond acceptors (Lipinski definition) is 14. The zero-order valence-corrected chi connectivity index (χ0v) is 22.7. The van der Waals surface area contributed by atoms with E-state index in [0.717, 1.165) is 6.07 Å². The zero-order chi connectivity index (χ0) is 30.3. The number of Topliss-reactive ketones (excluding diaryl/α,β-unsaturated/α-hetero) is 1. The van der Waals surface area contributed by atoms with Gasteiger partial charge in [-0.05, 0) is 24.6 Å². The van der Waals surface area contributed by atoms with Crippen molar-refractivity contribution in [2.24, 2.45) is 0 Å². The third kappa shape index (κ3) is 5.77. The summed E-state index contributed by atoms with van der Waals surface area (Å²) >= 11 is 0. The van der Waals surface area contributed by atoms with Gasteiger partial charge in [0.1, 0.15) is 71.3 Å². The number of carbonyl (C=O) groups is 1. The smallest absolute Gasteiger partial charge is 0.229 e. The fourth-order valence-electron chi connectivity index (χ4n) is 5.20. The van der Waals surface area contributed by atoms with Crippen LogP contribution in [0, 0.1) is 0 Å². The number of aliphatic hydroxyl groups is 6. The van der Waals surface area contributed by atoms with Gasteiger partial charge in [0.2, 0.25) is 6.29 Å². The maximum atomic E-state index is 12.9. The lowest BCUT2D eigenvalue weighted by Crippen LogP contribution is -2.64. The van der Waals surface area contributed by atoms with Gasteiger partial charge in [0.05, 0.1) is 26.2 Å². The molecule has 0 radical (unpaired) electrons. The Kier molecular flexibility index (Phi) is 8.89. The number of hydrogen-bond donors (Lipinski definition) is 7. The number of carbonyl (C=O) groups excluding carboxylic acids is 1. The van der Waals surface area contributed by atoms with Crippen molar-refractivity contribution in [3.63, 3.8) is 0 Å². The van der Waals surface area contributed by atoms with E-state index in [4.69, 9.17) is 28.4 Å². The maximum absolute atomic E-state index is 12.9. The molecule has 230 valence electrons. The third-order valence-electron chi connectivity index (χ3n) is 7.64. The second-order valence-electron chi connectivity index (χ2n) is 10.4. The second-order valence-corrected chi connectivity index (χ2v) is 10.4. The van der Waals surface area contributed by atoms with Crippen LogP contribution < -0.4 is 14.2 Å². The van der Waals surface area contributed by atoms with Gasteiger partial charge < -0.3 is 64.2 Å². The number of rotatable bonds is 7. The van der Waals surface area contributed by atoms with Gasteiger partial charge in [-0.15, -0.1) is 0 Å². The van der Waals surface area contributed by atoms with Crippen LogP contribution in [0.15, 0.2) is 36.4 Å². The molecule has 2 aromatic rings. The Morgan fingerprint density at radius 1 is 0.881 bits per heavy atom. The highest BCUT2D eigenvalue weighted by Crippen LogP contribution is 2.43. The minimum absolute atomic E-state index is 0.0200. The van der Waals surface area contributed by atoms with E-state index in [-0.39, 0.29) is 29.3 Å². The molecule has 5 rings (SSSR count). The largest absolute Gasteiger partial charge is 0.507 e. The first-order valence-electron chi connectivity index (χ1n) is 13.4. The van der Waals surface area contributed by atoms with Crippen LogP contribution in [-0.2, 0) is 14.2 Å². The molecule has 11 atom stereocenters. The Bertz CT molecular complexity index is 1250. The fraction of sp³-hybridized carbons (Fsp3) is 0.536. The molecular weight excluding hydrogens is 560 g/mol. The summed E-state index contributed by atoms with van der Waals surface area (Å²) in [5.41, 5.74) is 0.647. The lowest BCUT2D eigenvalue weighted by Gasteiger charge is -2.45. The molecule has 2 fully saturated rings. The van der Waals surface area contributed by atoms with E-state index in [0.29, 0.717) is 11.3 Å². The number of ether oxygens (including phenoxy) is 6. The van der Waals surface area contributed by atoms with Crippen molar-refractivity contribution in [3.05, 3.63) is 47.5 Å². The summed E-state index contributed by atoms with van der Waals surface area (Å²) in [5.74, 6) is -0.244. The predicted molar refractivity (Wildman–Crippen MR) is 139 cm³/mol. The van der Waals surface area contributed by atoms with E-state index < -0.39 is 79.9 Å². The highest BCUT2D eigenvalue weighted by Gasteiger charge is 2.51. The first kappa shape index (κ1) is 30.4. The minimum atomic E-state index is -1.74. The Hall–Kier alpha value is -3.05. The molecule has 0 saturated carbocycles. The summed E-state index contributed by atoms with van der Waals surface area (Å²) in [5, 5.41) is 72.3. The van der Waals surface area contributed by atoms with Crippen molar-refractivity contribution in [2.45, 2.75) is 80.9 Å². The fourth-order valence-corrected chi connectivity index (χ4v) is 5.20. The molecule has 3 heterocycles. The predicted octanol–water partition coefficient (Wildman–Crippen LogP) is -0.862. The van der Waals surface area contributed by atoms with Crippen LogP contribution in [0.25, 0.3) is 0 Å². The topological polar surface area (TPSA) is 214 Å². The summed E-state index contributed by atoms with van der Waals surface area (Å²) in [6.45, 7) is 0.733. The monoisotopic (exact) mass is 594 g/mol. The normalized spacial score (nSPS) is 36.6. The molecule has 0 aliphatic carbocycles. The van der Waals surface area contributed by atoms with Crippen molar-refractivity contribution < 1.29 is 69.0 Å². The van der Waals surface area contributed by atoms with Gasteiger partial charge in [-0.2, -0.15) is 0 Å². The van der Waals surface area contributed by atoms with Gasteiger partial charge in [0, 0.05) is 12.1 Å². The molecule has 7 N–H and O–H groups in total. The molecule has 0 unspecified atom stereocenters. The number of aromatic hydroxyl groups is 1. The molecule has 14 nitrogen and oxygen atoms in total. The van der Waals surface area contributed by atoms with Crippen molar-refractivity contribution in [3.8, 4) is 23.0 Å². The first-order valence-corrected chi connectivity index (χ1v) is 13.4. The van der Waals surface area contributed by atoms with Crippen LogP contribution in [0.3, 0.4) is 0 Å². The molecule has 3 aliphatic heterocycles. The Labute approximate surface area is 240 Å².